The lowest BCUT2D eigenvalue weighted by atomic mass is 10.1. The Kier molecular flexibility index (Phi) is 9.14. The van der Waals surface area contributed by atoms with Crippen LogP contribution < -0.4 is 15.1 Å². The predicted molar refractivity (Wildman–Crippen MR) is 165 cm³/mol. The minimum absolute atomic E-state index is 0.0395. The Balaban J connectivity index is 1.44. The second kappa shape index (κ2) is 13.0. The SMILES string of the molecule is O=C(N[C@@H](Cc1ccc(I)cc1)C(=O)O)c1cc(-c2cccc(C(F)(F)F)c2)nc(N2CCN(c3ccccc3)CC2)n1. The van der Waals surface area contributed by atoms with Crippen LogP contribution in [0, 0.1) is 3.57 Å². The van der Waals surface area contributed by atoms with E-state index in [9.17, 15) is 27.9 Å². The minimum atomic E-state index is -4.57. The van der Waals surface area contributed by atoms with Crippen LogP contribution in [0.4, 0.5) is 24.8 Å². The fourth-order valence-corrected chi connectivity index (χ4v) is 5.15. The molecule has 1 atom stereocenters. The van der Waals surface area contributed by atoms with Gasteiger partial charge in [-0.15, -0.1) is 0 Å². The van der Waals surface area contributed by atoms with E-state index in [0.29, 0.717) is 26.2 Å². The van der Waals surface area contributed by atoms with E-state index < -0.39 is 29.7 Å². The number of para-hydroxylation sites is 1. The summed E-state index contributed by atoms with van der Waals surface area (Å²) in [5.41, 5.74) is 1.07. The molecule has 1 aliphatic heterocycles. The Morgan fingerprint density at radius 2 is 1.56 bits per heavy atom. The summed E-state index contributed by atoms with van der Waals surface area (Å²) in [5.74, 6) is -1.81. The standard InChI is InChI=1S/C31H27F3IN5O3/c32-31(33,34)22-6-4-5-21(18-22)25-19-26(28(41)36-27(29(42)43)17-20-9-11-23(35)12-10-20)38-30(37-25)40-15-13-39(14-16-40)24-7-2-1-3-8-24/h1-12,18-19,27H,13-17H2,(H,36,41)(H,42,43)/t27-/m0/s1. The summed E-state index contributed by atoms with van der Waals surface area (Å²) in [6, 6.07) is 21.9. The smallest absolute Gasteiger partial charge is 0.416 e. The van der Waals surface area contributed by atoms with Crippen LogP contribution in [-0.4, -0.2) is 59.2 Å². The van der Waals surface area contributed by atoms with Crippen LogP contribution >= 0.6 is 22.6 Å². The Bertz CT molecular complexity index is 1590. The maximum absolute atomic E-state index is 13.5. The average Bonchev–Trinajstić information content (AvgIpc) is 3.01. The summed E-state index contributed by atoms with van der Waals surface area (Å²) in [6.07, 6.45) is -4.53. The summed E-state index contributed by atoms with van der Waals surface area (Å²) in [6.45, 7) is 2.29. The van der Waals surface area contributed by atoms with Crippen molar-refractivity contribution >= 4 is 46.1 Å². The van der Waals surface area contributed by atoms with Crippen molar-refractivity contribution in [1.29, 1.82) is 0 Å². The molecule has 0 radical (unpaired) electrons. The number of carbonyl (C=O) groups is 2. The largest absolute Gasteiger partial charge is 0.480 e. The molecular formula is C31H27F3IN5O3. The van der Waals surface area contributed by atoms with Crippen molar-refractivity contribution in [3.63, 3.8) is 0 Å². The van der Waals surface area contributed by atoms with Crippen LogP contribution in [0.25, 0.3) is 11.3 Å². The van der Waals surface area contributed by atoms with Crippen molar-refractivity contribution in [3.05, 3.63) is 105 Å². The summed E-state index contributed by atoms with van der Waals surface area (Å²) in [7, 11) is 0. The van der Waals surface area contributed by atoms with Gasteiger partial charge in [-0.2, -0.15) is 13.2 Å². The third-order valence-corrected chi connectivity index (χ3v) is 7.79. The number of carboxylic acid groups (broad SMARTS) is 1. The molecule has 43 heavy (non-hydrogen) atoms. The van der Waals surface area contributed by atoms with E-state index in [1.807, 2.05) is 47.4 Å². The van der Waals surface area contributed by atoms with Gasteiger partial charge < -0.3 is 20.2 Å². The third-order valence-electron chi connectivity index (χ3n) is 7.07. The average molecular weight is 701 g/mol. The number of aliphatic carboxylic acids is 1. The van der Waals surface area contributed by atoms with Gasteiger partial charge >= 0.3 is 12.1 Å². The zero-order valence-electron chi connectivity index (χ0n) is 22.8. The van der Waals surface area contributed by atoms with Crippen molar-refractivity contribution < 1.29 is 27.9 Å². The summed E-state index contributed by atoms with van der Waals surface area (Å²) in [4.78, 5) is 38.5. The van der Waals surface area contributed by atoms with Crippen molar-refractivity contribution in [2.45, 2.75) is 18.6 Å². The number of anilines is 2. The van der Waals surface area contributed by atoms with Gasteiger partial charge in [-0.3, -0.25) is 4.79 Å². The number of nitrogens with one attached hydrogen (secondary N) is 1. The van der Waals surface area contributed by atoms with Crippen LogP contribution in [0.1, 0.15) is 21.6 Å². The molecule has 1 aliphatic rings. The number of hydrogen-bond donors (Lipinski definition) is 2. The molecule has 5 rings (SSSR count). The van der Waals surface area contributed by atoms with Gasteiger partial charge in [0.25, 0.3) is 5.91 Å². The van der Waals surface area contributed by atoms with Gasteiger partial charge in [-0.1, -0.05) is 42.5 Å². The number of benzene rings is 3. The second-order valence-corrected chi connectivity index (χ2v) is 11.3. The number of amides is 1. The van der Waals surface area contributed by atoms with Gasteiger partial charge in [0.15, 0.2) is 0 Å². The van der Waals surface area contributed by atoms with Crippen molar-refractivity contribution in [1.82, 2.24) is 15.3 Å². The molecule has 0 saturated carbocycles. The first kappa shape index (κ1) is 30.3. The lowest BCUT2D eigenvalue weighted by molar-refractivity contribution is -0.139. The molecule has 222 valence electrons. The number of aromatic nitrogens is 2. The number of carboxylic acids is 1. The van der Waals surface area contributed by atoms with Crippen molar-refractivity contribution in [3.8, 4) is 11.3 Å². The summed E-state index contributed by atoms with van der Waals surface area (Å²) < 4.78 is 41.5. The molecule has 2 heterocycles. The highest BCUT2D eigenvalue weighted by Gasteiger charge is 2.31. The van der Waals surface area contributed by atoms with Gasteiger partial charge in [0.1, 0.15) is 11.7 Å². The first-order chi connectivity index (χ1) is 20.6. The van der Waals surface area contributed by atoms with E-state index in [-0.39, 0.29) is 29.3 Å². The van der Waals surface area contributed by atoms with Crippen LogP contribution in [0.3, 0.4) is 0 Å². The van der Waals surface area contributed by atoms with Crippen LogP contribution in [-0.2, 0) is 17.4 Å². The topological polar surface area (TPSA) is 98.7 Å². The molecule has 0 aliphatic carbocycles. The highest BCUT2D eigenvalue weighted by atomic mass is 127. The lowest BCUT2D eigenvalue weighted by Gasteiger charge is -2.36. The number of halogens is 4. The van der Waals surface area contributed by atoms with E-state index in [1.165, 1.54) is 18.2 Å². The van der Waals surface area contributed by atoms with Crippen LogP contribution in [0.2, 0.25) is 0 Å². The molecule has 0 spiro atoms. The van der Waals surface area contributed by atoms with E-state index in [0.717, 1.165) is 27.0 Å². The second-order valence-electron chi connectivity index (χ2n) is 10.0. The van der Waals surface area contributed by atoms with Crippen LogP contribution in [0.15, 0.2) is 84.9 Å². The molecule has 0 unspecified atom stereocenters. The van der Waals surface area contributed by atoms with Gasteiger partial charge in [0.05, 0.1) is 11.3 Å². The Labute approximate surface area is 259 Å². The molecule has 1 aromatic heterocycles. The number of alkyl halides is 3. The summed E-state index contributed by atoms with van der Waals surface area (Å²) >= 11 is 2.14. The predicted octanol–water partition coefficient (Wildman–Crippen LogP) is 5.52. The molecule has 0 bridgehead atoms. The van der Waals surface area contributed by atoms with Crippen molar-refractivity contribution in [2.75, 3.05) is 36.0 Å². The van der Waals surface area contributed by atoms with Crippen molar-refractivity contribution in [2.24, 2.45) is 0 Å². The van der Waals surface area contributed by atoms with Gasteiger partial charge in [-0.05, 0) is 70.6 Å². The number of carbonyl (C=O) groups excluding carboxylic acids is 1. The monoisotopic (exact) mass is 701 g/mol. The quantitative estimate of drug-likeness (QED) is 0.234. The molecular weight excluding hydrogens is 674 g/mol. The van der Waals surface area contributed by atoms with E-state index in [2.05, 4.69) is 42.8 Å². The molecule has 2 N–H and O–H groups in total. The zero-order chi connectivity index (χ0) is 30.6. The Morgan fingerprint density at radius 1 is 0.884 bits per heavy atom. The fourth-order valence-electron chi connectivity index (χ4n) is 4.79. The first-order valence-corrected chi connectivity index (χ1v) is 14.5. The number of piperazine rings is 1. The maximum Gasteiger partial charge on any atom is 0.416 e. The zero-order valence-corrected chi connectivity index (χ0v) is 24.9. The minimum Gasteiger partial charge on any atom is -0.480 e. The highest BCUT2D eigenvalue weighted by Crippen LogP contribution is 2.32. The molecule has 4 aromatic rings. The first-order valence-electron chi connectivity index (χ1n) is 13.5. The molecule has 1 saturated heterocycles. The fraction of sp³-hybridized carbons (Fsp3) is 0.226. The molecule has 8 nitrogen and oxygen atoms in total. The van der Waals surface area contributed by atoms with E-state index in [1.54, 1.807) is 12.1 Å². The lowest BCUT2D eigenvalue weighted by Crippen LogP contribution is -2.47. The normalized spacial score (nSPS) is 14.3. The molecule has 12 heteroatoms. The van der Waals surface area contributed by atoms with Gasteiger partial charge in [0, 0.05) is 47.4 Å². The van der Waals surface area contributed by atoms with E-state index >= 15 is 0 Å². The number of nitrogens with zero attached hydrogens (tertiary/aromatic N) is 4. The number of rotatable bonds is 8. The van der Waals surface area contributed by atoms with Gasteiger partial charge in [0.2, 0.25) is 5.95 Å². The Morgan fingerprint density at radius 3 is 2.21 bits per heavy atom. The third kappa shape index (κ3) is 7.61. The Hall–Kier alpha value is -4.20. The molecule has 1 amide bonds. The highest BCUT2D eigenvalue weighted by molar-refractivity contribution is 14.1. The number of hydrogen-bond acceptors (Lipinski definition) is 6. The molecule has 3 aromatic carbocycles. The van der Waals surface area contributed by atoms with E-state index in [4.69, 9.17) is 0 Å². The van der Waals surface area contributed by atoms with Gasteiger partial charge in [-0.25, -0.2) is 14.8 Å². The maximum atomic E-state index is 13.5. The molecule has 1 fully saturated rings. The van der Waals surface area contributed by atoms with Crippen LogP contribution in [0.5, 0.6) is 0 Å². The summed E-state index contributed by atoms with van der Waals surface area (Å²) in [5, 5.41) is 12.4.